The minimum Gasteiger partial charge on any atom is -0.489 e. The van der Waals surface area contributed by atoms with Crippen molar-refractivity contribution < 1.29 is 29.2 Å². The van der Waals surface area contributed by atoms with Crippen molar-refractivity contribution in [2.45, 2.75) is 64.6 Å². The highest BCUT2D eigenvalue weighted by atomic mass is 35.5. The number of hydrogen-bond donors (Lipinski definition) is 2. The standard InChI is InChI=1S/C30H41ClO6/c1-3-5-9-15-34-18-23(32)20-36-29-25-11-7-8-12-26(25)30(28-17-22(31)13-14-27(28)29)37-21-24(33)19-35-16-10-6-4-2/h7-8,11-14,17,23-24,32-33H,3-6,9-10,15-16,18-21H2,1-2H3. The van der Waals surface area contributed by atoms with Crippen LogP contribution in [0.2, 0.25) is 5.02 Å². The quantitative estimate of drug-likeness (QED) is 0.143. The second-order valence-corrected chi connectivity index (χ2v) is 9.82. The summed E-state index contributed by atoms with van der Waals surface area (Å²) in [4.78, 5) is 0. The Kier molecular flexibility index (Phi) is 12.7. The molecule has 0 aliphatic heterocycles. The van der Waals surface area contributed by atoms with Crippen LogP contribution in [-0.2, 0) is 9.47 Å². The van der Waals surface area contributed by atoms with Crippen LogP contribution in [-0.4, -0.2) is 62.1 Å². The van der Waals surface area contributed by atoms with Crippen molar-refractivity contribution in [3.63, 3.8) is 0 Å². The predicted molar refractivity (Wildman–Crippen MR) is 150 cm³/mol. The number of fused-ring (bicyclic) bond motifs is 2. The van der Waals surface area contributed by atoms with Gasteiger partial charge in [0.25, 0.3) is 0 Å². The van der Waals surface area contributed by atoms with Gasteiger partial charge in [-0.1, -0.05) is 75.4 Å². The molecule has 2 N–H and O–H groups in total. The molecule has 204 valence electrons. The van der Waals surface area contributed by atoms with Gasteiger partial charge in [0.05, 0.1) is 13.2 Å². The summed E-state index contributed by atoms with van der Waals surface area (Å²) in [6.45, 7) is 6.20. The Morgan fingerprint density at radius 1 is 0.649 bits per heavy atom. The second-order valence-electron chi connectivity index (χ2n) is 9.39. The third kappa shape index (κ3) is 9.01. The molecule has 0 bridgehead atoms. The molecule has 3 aromatic rings. The first-order valence-corrected chi connectivity index (χ1v) is 13.8. The topological polar surface area (TPSA) is 77.4 Å². The highest BCUT2D eigenvalue weighted by Crippen LogP contribution is 2.43. The molecule has 3 aromatic carbocycles. The molecule has 0 saturated heterocycles. The molecule has 0 fully saturated rings. The number of rotatable bonds is 18. The van der Waals surface area contributed by atoms with Crippen LogP contribution in [0.25, 0.3) is 21.5 Å². The summed E-state index contributed by atoms with van der Waals surface area (Å²) < 4.78 is 23.6. The summed E-state index contributed by atoms with van der Waals surface area (Å²) in [5.41, 5.74) is 0. The molecule has 6 nitrogen and oxygen atoms in total. The molecule has 37 heavy (non-hydrogen) atoms. The fourth-order valence-corrected chi connectivity index (χ4v) is 4.36. The van der Waals surface area contributed by atoms with E-state index in [0.29, 0.717) is 29.7 Å². The van der Waals surface area contributed by atoms with Crippen molar-refractivity contribution in [3.05, 3.63) is 47.5 Å². The van der Waals surface area contributed by atoms with Crippen molar-refractivity contribution in [1.82, 2.24) is 0 Å². The molecule has 0 saturated carbocycles. The molecule has 0 aliphatic rings. The average Bonchev–Trinajstić information content (AvgIpc) is 2.90. The summed E-state index contributed by atoms with van der Waals surface area (Å²) in [7, 11) is 0. The fourth-order valence-electron chi connectivity index (χ4n) is 4.18. The normalized spacial score (nSPS) is 13.2. The van der Waals surface area contributed by atoms with Gasteiger partial charge in [-0.25, -0.2) is 0 Å². The Labute approximate surface area is 225 Å². The van der Waals surface area contributed by atoms with Crippen LogP contribution >= 0.6 is 11.6 Å². The lowest BCUT2D eigenvalue weighted by Gasteiger charge is -2.20. The van der Waals surface area contributed by atoms with Crippen LogP contribution in [0.3, 0.4) is 0 Å². The van der Waals surface area contributed by atoms with Crippen molar-refractivity contribution in [2.24, 2.45) is 0 Å². The maximum atomic E-state index is 10.4. The van der Waals surface area contributed by atoms with E-state index in [-0.39, 0.29) is 26.4 Å². The zero-order valence-electron chi connectivity index (χ0n) is 22.1. The van der Waals surface area contributed by atoms with Gasteiger partial charge in [0.2, 0.25) is 0 Å². The van der Waals surface area contributed by atoms with Crippen molar-refractivity contribution in [2.75, 3.05) is 39.6 Å². The monoisotopic (exact) mass is 532 g/mol. The van der Waals surface area contributed by atoms with Gasteiger partial charge in [-0.05, 0) is 31.0 Å². The Morgan fingerprint density at radius 2 is 1.14 bits per heavy atom. The number of hydrogen-bond acceptors (Lipinski definition) is 6. The number of aliphatic hydroxyl groups is 2. The molecule has 0 aromatic heterocycles. The van der Waals surface area contributed by atoms with E-state index in [1.165, 1.54) is 0 Å². The van der Waals surface area contributed by atoms with E-state index in [1.54, 1.807) is 0 Å². The predicted octanol–water partition coefficient (Wildman–Crippen LogP) is 6.54. The minimum absolute atomic E-state index is 0.0909. The summed E-state index contributed by atoms with van der Waals surface area (Å²) >= 11 is 6.37. The molecule has 7 heteroatoms. The van der Waals surface area contributed by atoms with Gasteiger partial charge in [-0.2, -0.15) is 0 Å². The summed E-state index contributed by atoms with van der Waals surface area (Å²) in [5, 5.41) is 24.7. The van der Waals surface area contributed by atoms with E-state index in [4.69, 9.17) is 30.5 Å². The maximum absolute atomic E-state index is 10.4. The maximum Gasteiger partial charge on any atom is 0.135 e. The number of halogens is 1. The van der Waals surface area contributed by atoms with Crippen LogP contribution in [0, 0.1) is 0 Å². The molecule has 0 aliphatic carbocycles. The Bertz CT molecular complexity index is 1090. The summed E-state index contributed by atoms with van der Waals surface area (Å²) in [6, 6.07) is 13.3. The number of ether oxygens (including phenoxy) is 4. The third-order valence-electron chi connectivity index (χ3n) is 6.13. The smallest absolute Gasteiger partial charge is 0.135 e. The van der Waals surface area contributed by atoms with E-state index in [2.05, 4.69) is 13.8 Å². The van der Waals surface area contributed by atoms with Gasteiger partial charge in [-0.15, -0.1) is 0 Å². The lowest BCUT2D eigenvalue weighted by molar-refractivity contribution is 0.0112. The lowest BCUT2D eigenvalue weighted by Crippen LogP contribution is -2.24. The highest BCUT2D eigenvalue weighted by Gasteiger charge is 2.19. The van der Waals surface area contributed by atoms with Crippen molar-refractivity contribution in [1.29, 1.82) is 0 Å². The number of unbranched alkanes of at least 4 members (excludes halogenated alkanes) is 4. The van der Waals surface area contributed by atoms with E-state index >= 15 is 0 Å². The summed E-state index contributed by atoms with van der Waals surface area (Å²) in [6.07, 6.45) is 4.96. The van der Waals surface area contributed by atoms with Crippen molar-refractivity contribution >= 4 is 33.1 Å². The van der Waals surface area contributed by atoms with E-state index in [0.717, 1.165) is 60.1 Å². The number of benzene rings is 3. The highest BCUT2D eigenvalue weighted by molar-refractivity contribution is 6.31. The van der Waals surface area contributed by atoms with Crippen LogP contribution in [0.4, 0.5) is 0 Å². The van der Waals surface area contributed by atoms with Crippen LogP contribution in [0.1, 0.15) is 52.4 Å². The van der Waals surface area contributed by atoms with E-state index in [1.807, 2.05) is 42.5 Å². The van der Waals surface area contributed by atoms with Crippen LogP contribution in [0.15, 0.2) is 42.5 Å². The molecule has 0 spiro atoms. The molecule has 0 amide bonds. The summed E-state index contributed by atoms with van der Waals surface area (Å²) in [5.74, 6) is 1.28. The molecular weight excluding hydrogens is 492 g/mol. The zero-order valence-corrected chi connectivity index (χ0v) is 22.8. The molecular formula is C30H41ClO6. The number of aliphatic hydroxyl groups excluding tert-OH is 2. The first kappa shape index (κ1) is 29.5. The van der Waals surface area contributed by atoms with E-state index in [9.17, 15) is 10.2 Å². The van der Waals surface area contributed by atoms with Gasteiger partial charge in [0, 0.05) is 39.8 Å². The van der Waals surface area contributed by atoms with Gasteiger partial charge in [0.15, 0.2) is 0 Å². The third-order valence-corrected chi connectivity index (χ3v) is 6.37. The van der Waals surface area contributed by atoms with Gasteiger partial charge >= 0.3 is 0 Å². The average molecular weight is 533 g/mol. The first-order valence-electron chi connectivity index (χ1n) is 13.5. The minimum atomic E-state index is -0.752. The molecule has 0 radical (unpaired) electrons. The van der Waals surface area contributed by atoms with E-state index < -0.39 is 12.2 Å². The molecule has 0 heterocycles. The van der Waals surface area contributed by atoms with Gasteiger partial charge < -0.3 is 29.2 Å². The molecule has 3 rings (SSSR count). The fraction of sp³-hybridized carbons (Fsp3) is 0.533. The zero-order chi connectivity index (χ0) is 26.5. The van der Waals surface area contributed by atoms with Crippen molar-refractivity contribution in [3.8, 4) is 11.5 Å². The Hall–Kier alpha value is -2.09. The largest absolute Gasteiger partial charge is 0.489 e. The SMILES string of the molecule is CCCCCOCC(O)COc1c2ccccc2c(OCC(O)COCCCCC)c2cc(Cl)ccc12. The van der Waals surface area contributed by atoms with Crippen LogP contribution < -0.4 is 9.47 Å². The van der Waals surface area contributed by atoms with Crippen LogP contribution in [0.5, 0.6) is 11.5 Å². The lowest BCUT2D eigenvalue weighted by atomic mass is 10.0. The van der Waals surface area contributed by atoms with Gasteiger partial charge in [-0.3, -0.25) is 0 Å². The Balaban J connectivity index is 1.77. The second kappa shape index (κ2) is 16.0. The first-order chi connectivity index (χ1) is 18.0. The molecule has 2 unspecified atom stereocenters. The molecule has 2 atom stereocenters. The Morgan fingerprint density at radius 3 is 1.65 bits per heavy atom. The van der Waals surface area contributed by atoms with Gasteiger partial charge in [0.1, 0.15) is 36.9 Å².